The molecule has 1 fully saturated rings. The Kier molecular flexibility index (Phi) is 3.83. The lowest BCUT2D eigenvalue weighted by Gasteiger charge is -2.10. The quantitative estimate of drug-likeness (QED) is 0.898. The maximum atomic E-state index is 12.1. The molecule has 0 spiro atoms. The summed E-state index contributed by atoms with van der Waals surface area (Å²) < 4.78 is 5.20. The number of pyridine rings is 1. The van der Waals surface area contributed by atoms with Crippen molar-refractivity contribution in [2.24, 2.45) is 0 Å². The molecular formula is C16H16N2O3. The van der Waals surface area contributed by atoms with E-state index in [9.17, 15) is 9.59 Å². The Labute approximate surface area is 122 Å². The van der Waals surface area contributed by atoms with E-state index in [0.29, 0.717) is 18.9 Å². The number of aromatic amines is 1. The molecule has 3 rings (SSSR count). The van der Waals surface area contributed by atoms with Gasteiger partial charge in [0.1, 0.15) is 5.56 Å². The third-order valence-corrected chi connectivity index (χ3v) is 3.50. The van der Waals surface area contributed by atoms with Gasteiger partial charge in [-0.05, 0) is 24.1 Å². The molecule has 1 unspecified atom stereocenters. The first-order chi connectivity index (χ1) is 10.2. The largest absolute Gasteiger partial charge is 0.379 e. The van der Waals surface area contributed by atoms with Crippen LogP contribution in [0.4, 0.5) is 0 Å². The second kappa shape index (κ2) is 5.93. The van der Waals surface area contributed by atoms with Crippen LogP contribution in [-0.2, 0) is 4.74 Å². The normalized spacial score (nSPS) is 17.6. The number of rotatable bonds is 3. The Morgan fingerprint density at radius 1 is 1.19 bits per heavy atom. The minimum atomic E-state index is -0.382. The fraction of sp³-hybridized carbons (Fsp3) is 0.250. The zero-order valence-corrected chi connectivity index (χ0v) is 11.5. The van der Waals surface area contributed by atoms with Gasteiger partial charge in [-0.25, -0.2) is 0 Å². The van der Waals surface area contributed by atoms with Crippen LogP contribution in [0.25, 0.3) is 11.3 Å². The zero-order valence-electron chi connectivity index (χ0n) is 11.5. The van der Waals surface area contributed by atoms with Gasteiger partial charge in [-0.1, -0.05) is 30.3 Å². The number of nitrogens with one attached hydrogen (secondary N) is 2. The highest BCUT2D eigenvalue weighted by Gasteiger charge is 2.20. The van der Waals surface area contributed by atoms with Crippen LogP contribution in [0.5, 0.6) is 0 Å². The Morgan fingerprint density at radius 3 is 2.67 bits per heavy atom. The lowest BCUT2D eigenvalue weighted by atomic mass is 10.1. The zero-order chi connectivity index (χ0) is 14.7. The van der Waals surface area contributed by atoms with Crippen molar-refractivity contribution in [1.29, 1.82) is 0 Å². The molecule has 21 heavy (non-hydrogen) atoms. The van der Waals surface area contributed by atoms with Gasteiger partial charge in [-0.3, -0.25) is 9.59 Å². The van der Waals surface area contributed by atoms with E-state index >= 15 is 0 Å². The molecule has 1 aliphatic heterocycles. The predicted octanol–water partition coefficient (Wildman–Crippen LogP) is 1.56. The van der Waals surface area contributed by atoms with Crippen molar-refractivity contribution in [3.8, 4) is 11.3 Å². The summed E-state index contributed by atoms with van der Waals surface area (Å²) in [5.41, 5.74) is 1.35. The van der Waals surface area contributed by atoms with E-state index in [-0.39, 0.29) is 23.1 Å². The lowest BCUT2D eigenvalue weighted by Crippen LogP contribution is -2.37. The lowest BCUT2D eigenvalue weighted by molar-refractivity contribution is 0.0928. The van der Waals surface area contributed by atoms with E-state index in [1.165, 1.54) is 0 Å². The van der Waals surface area contributed by atoms with Crippen molar-refractivity contribution in [2.45, 2.75) is 12.5 Å². The molecule has 1 aromatic carbocycles. The number of ether oxygens (including phenoxy) is 1. The van der Waals surface area contributed by atoms with Crippen LogP contribution in [0.1, 0.15) is 16.8 Å². The molecule has 1 saturated heterocycles. The van der Waals surface area contributed by atoms with Crippen LogP contribution >= 0.6 is 0 Å². The second-order valence-electron chi connectivity index (χ2n) is 5.01. The van der Waals surface area contributed by atoms with Gasteiger partial charge in [0.15, 0.2) is 0 Å². The van der Waals surface area contributed by atoms with Gasteiger partial charge in [-0.2, -0.15) is 0 Å². The fourth-order valence-corrected chi connectivity index (χ4v) is 2.35. The maximum Gasteiger partial charge on any atom is 0.261 e. The second-order valence-corrected chi connectivity index (χ2v) is 5.01. The molecule has 108 valence electrons. The number of hydrogen-bond donors (Lipinski definition) is 2. The van der Waals surface area contributed by atoms with Gasteiger partial charge >= 0.3 is 0 Å². The predicted molar refractivity (Wildman–Crippen MR) is 79.2 cm³/mol. The number of benzene rings is 1. The Morgan fingerprint density at radius 2 is 2.00 bits per heavy atom. The summed E-state index contributed by atoms with van der Waals surface area (Å²) in [4.78, 5) is 26.9. The SMILES string of the molecule is O=C(NC1CCOC1)c1ccc(-c2ccccc2)[nH]c1=O. The van der Waals surface area contributed by atoms with E-state index in [2.05, 4.69) is 10.3 Å². The van der Waals surface area contributed by atoms with Crippen LogP contribution in [0.3, 0.4) is 0 Å². The third-order valence-electron chi connectivity index (χ3n) is 3.50. The number of carbonyl (C=O) groups excluding carboxylic acids is 1. The standard InChI is InChI=1S/C16H16N2O3/c19-15(17-12-8-9-21-10-12)13-6-7-14(18-16(13)20)11-4-2-1-3-5-11/h1-7,12H,8-10H2,(H,17,19)(H,18,20). The molecule has 0 bridgehead atoms. The number of aromatic nitrogens is 1. The summed E-state index contributed by atoms with van der Waals surface area (Å²) >= 11 is 0. The van der Waals surface area contributed by atoms with Gasteiger partial charge in [-0.15, -0.1) is 0 Å². The summed E-state index contributed by atoms with van der Waals surface area (Å²) in [6.45, 7) is 1.15. The highest BCUT2D eigenvalue weighted by atomic mass is 16.5. The van der Waals surface area contributed by atoms with Gasteiger partial charge in [0.2, 0.25) is 0 Å². The molecule has 2 aromatic rings. The molecule has 1 aliphatic rings. The van der Waals surface area contributed by atoms with Crippen LogP contribution in [0.15, 0.2) is 47.3 Å². The van der Waals surface area contributed by atoms with Crippen LogP contribution < -0.4 is 10.9 Å². The smallest absolute Gasteiger partial charge is 0.261 e. The number of carbonyl (C=O) groups is 1. The average Bonchev–Trinajstić information content (AvgIpc) is 3.01. The number of H-pyrrole nitrogens is 1. The summed E-state index contributed by atoms with van der Waals surface area (Å²) in [7, 11) is 0. The van der Waals surface area contributed by atoms with Crippen LogP contribution in [0, 0.1) is 0 Å². The molecule has 0 saturated carbocycles. The Hall–Kier alpha value is -2.40. The molecule has 2 heterocycles. The number of amides is 1. The number of hydrogen-bond acceptors (Lipinski definition) is 3. The van der Waals surface area contributed by atoms with E-state index < -0.39 is 0 Å². The highest BCUT2D eigenvalue weighted by molar-refractivity contribution is 5.94. The van der Waals surface area contributed by atoms with Crippen LogP contribution in [-0.4, -0.2) is 30.1 Å². The first-order valence-electron chi connectivity index (χ1n) is 6.91. The summed E-state index contributed by atoms with van der Waals surface area (Å²) in [6.07, 6.45) is 0.783. The first-order valence-corrected chi connectivity index (χ1v) is 6.91. The average molecular weight is 284 g/mol. The molecule has 0 radical (unpaired) electrons. The molecule has 0 aliphatic carbocycles. The molecule has 5 heteroatoms. The molecular weight excluding hydrogens is 268 g/mol. The Balaban J connectivity index is 1.81. The fourth-order valence-electron chi connectivity index (χ4n) is 2.35. The highest BCUT2D eigenvalue weighted by Crippen LogP contribution is 2.14. The Bertz CT molecular complexity index is 688. The molecule has 5 nitrogen and oxygen atoms in total. The molecule has 1 atom stereocenters. The molecule has 1 aromatic heterocycles. The van der Waals surface area contributed by atoms with Crippen LogP contribution in [0.2, 0.25) is 0 Å². The molecule has 2 N–H and O–H groups in total. The van der Waals surface area contributed by atoms with Crippen molar-refractivity contribution >= 4 is 5.91 Å². The van der Waals surface area contributed by atoms with Crippen molar-refractivity contribution in [2.75, 3.05) is 13.2 Å². The topological polar surface area (TPSA) is 71.2 Å². The van der Waals surface area contributed by atoms with E-state index in [0.717, 1.165) is 12.0 Å². The van der Waals surface area contributed by atoms with Gasteiger partial charge < -0.3 is 15.0 Å². The van der Waals surface area contributed by atoms with Crippen molar-refractivity contribution in [3.05, 3.63) is 58.4 Å². The summed E-state index contributed by atoms with van der Waals surface area (Å²) in [5, 5.41) is 2.81. The van der Waals surface area contributed by atoms with E-state index in [1.54, 1.807) is 12.1 Å². The van der Waals surface area contributed by atoms with Crippen molar-refractivity contribution in [3.63, 3.8) is 0 Å². The third kappa shape index (κ3) is 3.03. The van der Waals surface area contributed by atoms with Crippen molar-refractivity contribution in [1.82, 2.24) is 10.3 Å². The molecule has 1 amide bonds. The van der Waals surface area contributed by atoms with Crippen molar-refractivity contribution < 1.29 is 9.53 Å². The van der Waals surface area contributed by atoms with E-state index in [4.69, 9.17) is 4.74 Å². The minimum absolute atomic E-state index is 0.00861. The van der Waals surface area contributed by atoms with Gasteiger partial charge in [0.05, 0.1) is 12.6 Å². The minimum Gasteiger partial charge on any atom is -0.379 e. The maximum absolute atomic E-state index is 12.1. The van der Waals surface area contributed by atoms with E-state index in [1.807, 2.05) is 30.3 Å². The first kappa shape index (κ1) is 13.6. The summed E-state index contributed by atoms with van der Waals surface area (Å²) in [5.74, 6) is -0.355. The summed E-state index contributed by atoms with van der Waals surface area (Å²) in [6, 6.07) is 12.8. The van der Waals surface area contributed by atoms with Gasteiger partial charge in [0.25, 0.3) is 11.5 Å². The monoisotopic (exact) mass is 284 g/mol. The van der Waals surface area contributed by atoms with Gasteiger partial charge in [0, 0.05) is 12.3 Å².